The van der Waals surface area contributed by atoms with Crippen LogP contribution in [-0.2, 0) is 16.1 Å². The third-order valence-electron chi connectivity index (χ3n) is 5.56. The van der Waals surface area contributed by atoms with Gasteiger partial charge in [-0.05, 0) is 41.8 Å². The molecular weight excluding hydrogens is 394 g/mol. The molecule has 0 radical (unpaired) electrons. The summed E-state index contributed by atoms with van der Waals surface area (Å²) in [6.45, 7) is 1.14. The summed E-state index contributed by atoms with van der Waals surface area (Å²) >= 11 is 0. The predicted molar refractivity (Wildman–Crippen MR) is 116 cm³/mol. The Morgan fingerprint density at radius 1 is 1.00 bits per heavy atom. The van der Waals surface area contributed by atoms with Gasteiger partial charge in [-0.2, -0.15) is 0 Å². The van der Waals surface area contributed by atoms with Crippen LogP contribution in [0, 0.1) is 5.92 Å². The van der Waals surface area contributed by atoms with E-state index in [0.717, 1.165) is 17.2 Å². The number of hydrogen-bond acceptors (Lipinski definition) is 4. The number of nitrogens with one attached hydrogen (secondary N) is 2. The fourth-order valence-corrected chi connectivity index (χ4v) is 3.93. The zero-order valence-corrected chi connectivity index (χ0v) is 17.2. The van der Waals surface area contributed by atoms with Gasteiger partial charge in [0.25, 0.3) is 5.91 Å². The van der Waals surface area contributed by atoms with E-state index >= 15 is 0 Å². The standard InChI is InChI=1S/C24H25N3O4/c28-22(25-14-19-9-5-13-31-19)15-26-23(29)18-8-4-12-27(16-18)24(30)21-11-3-7-17-6-1-2-10-20(17)21/h1-3,5-7,9-11,13,18H,4,8,12,14-16H2,(H,25,28)(H,26,29). The first-order valence-electron chi connectivity index (χ1n) is 10.5. The third kappa shape index (κ3) is 4.94. The van der Waals surface area contributed by atoms with Crippen LogP contribution in [0.5, 0.6) is 0 Å². The van der Waals surface area contributed by atoms with Crippen molar-refractivity contribution in [1.82, 2.24) is 15.5 Å². The Balaban J connectivity index is 1.33. The molecule has 0 bridgehead atoms. The zero-order valence-electron chi connectivity index (χ0n) is 17.2. The van der Waals surface area contributed by atoms with E-state index in [4.69, 9.17) is 4.42 Å². The highest BCUT2D eigenvalue weighted by Gasteiger charge is 2.29. The molecule has 3 amide bonds. The van der Waals surface area contributed by atoms with Gasteiger partial charge < -0.3 is 20.0 Å². The lowest BCUT2D eigenvalue weighted by Crippen LogP contribution is -2.47. The van der Waals surface area contributed by atoms with Crippen LogP contribution in [0.3, 0.4) is 0 Å². The number of carbonyl (C=O) groups excluding carboxylic acids is 3. The number of hydrogen-bond donors (Lipinski definition) is 2. The van der Waals surface area contributed by atoms with Gasteiger partial charge in [-0.15, -0.1) is 0 Å². The molecule has 3 aromatic rings. The van der Waals surface area contributed by atoms with Gasteiger partial charge in [0.1, 0.15) is 5.76 Å². The van der Waals surface area contributed by atoms with E-state index in [1.54, 1.807) is 17.0 Å². The van der Waals surface area contributed by atoms with Crippen LogP contribution in [0.2, 0.25) is 0 Å². The Hall–Kier alpha value is -3.61. The average Bonchev–Trinajstić information content (AvgIpc) is 3.34. The summed E-state index contributed by atoms with van der Waals surface area (Å²) in [6.07, 6.45) is 2.98. The summed E-state index contributed by atoms with van der Waals surface area (Å²) in [6, 6.07) is 17.0. The number of nitrogens with zero attached hydrogens (tertiary/aromatic N) is 1. The van der Waals surface area contributed by atoms with Crippen LogP contribution in [0.4, 0.5) is 0 Å². The highest BCUT2D eigenvalue weighted by Crippen LogP contribution is 2.23. The quantitative estimate of drug-likeness (QED) is 0.643. The summed E-state index contributed by atoms with van der Waals surface area (Å²) in [7, 11) is 0. The van der Waals surface area contributed by atoms with Crippen molar-refractivity contribution in [2.24, 2.45) is 5.92 Å². The maximum atomic E-state index is 13.2. The first kappa shape index (κ1) is 20.7. The molecule has 1 aliphatic heterocycles. The van der Waals surface area contributed by atoms with Gasteiger partial charge in [-0.25, -0.2) is 0 Å². The molecule has 1 saturated heterocycles. The average molecular weight is 419 g/mol. The molecule has 1 aliphatic rings. The largest absolute Gasteiger partial charge is 0.467 e. The smallest absolute Gasteiger partial charge is 0.254 e. The van der Waals surface area contributed by atoms with Crippen LogP contribution < -0.4 is 10.6 Å². The van der Waals surface area contributed by atoms with E-state index < -0.39 is 0 Å². The van der Waals surface area contributed by atoms with Gasteiger partial charge in [0.15, 0.2) is 0 Å². The predicted octanol–water partition coefficient (Wildman–Crippen LogP) is 2.72. The summed E-state index contributed by atoms with van der Waals surface area (Å²) in [5, 5.41) is 7.31. The van der Waals surface area contributed by atoms with E-state index in [2.05, 4.69) is 10.6 Å². The van der Waals surface area contributed by atoms with Gasteiger partial charge in [-0.1, -0.05) is 36.4 Å². The lowest BCUT2D eigenvalue weighted by atomic mass is 9.95. The highest BCUT2D eigenvalue weighted by atomic mass is 16.3. The molecule has 4 rings (SSSR count). The van der Waals surface area contributed by atoms with E-state index in [1.165, 1.54) is 6.26 Å². The number of piperidine rings is 1. The Bertz CT molecular complexity index is 1070. The fourth-order valence-electron chi connectivity index (χ4n) is 3.93. The lowest BCUT2D eigenvalue weighted by molar-refractivity contribution is -0.129. The second-order valence-corrected chi connectivity index (χ2v) is 7.69. The monoisotopic (exact) mass is 419 g/mol. The summed E-state index contributed by atoms with van der Waals surface area (Å²) in [5.74, 6) is -0.238. The van der Waals surface area contributed by atoms with E-state index in [9.17, 15) is 14.4 Å². The minimum absolute atomic E-state index is 0.0644. The van der Waals surface area contributed by atoms with Gasteiger partial charge in [-0.3, -0.25) is 14.4 Å². The van der Waals surface area contributed by atoms with Gasteiger partial charge >= 0.3 is 0 Å². The molecule has 160 valence electrons. The van der Waals surface area contributed by atoms with Crippen LogP contribution in [0.25, 0.3) is 10.8 Å². The second-order valence-electron chi connectivity index (χ2n) is 7.69. The molecule has 1 atom stereocenters. The van der Waals surface area contributed by atoms with Crippen molar-refractivity contribution >= 4 is 28.5 Å². The van der Waals surface area contributed by atoms with Crippen molar-refractivity contribution < 1.29 is 18.8 Å². The van der Waals surface area contributed by atoms with Crippen LogP contribution in [0.1, 0.15) is 29.0 Å². The fraction of sp³-hybridized carbons (Fsp3) is 0.292. The van der Waals surface area contributed by atoms with Crippen molar-refractivity contribution in [2.45, 2.75) is 19.4 Å². The Morgan fingerprint density at radius 2 is 1.84 bits per heavy atom. The van der Waals surface area contributed by atoms with Gasteiger partial charge in [0.05, 0.1) is 25.3 Å². The number of furan rings is 1. The van der Waals surface area contributed by atoms with Gasteiger partial charge in [0, 0.05) is 18.7 Å². The number of benzene rings is 2. The number of amides is 3. The Morgan fingerprint density at radius 3 is 2.68 bits per heavy atom. The molecule has 0 aliphatic carbocycles. The number of rotatable bonds is 6. The molecule has 1 aromatic heterocycles. The summed E-state index contributed by atoms with van der Waals surface area (Å²) in [4.78, 5) is 39.5. The molecule has 1 unspecified atom stereocenters. The second kappa shape index (κ2) is 9.47. The minimum atomic E-state index is -0.328. The lowest BCUT2D eigenvalue weighted by Gasteiger charge is -2.32. The van der Waals surface area contributed by atoms with Crippen LogP contribution >= 0.6 is 0 Å². The molecule has 0 spiro atoms. The molecule has 2 aromatic carbocycles. The molecule has 7 heteroatoms. The maximum absolute atomic E-state index is 13.2. The zero-order chi connectivity index (χ0) is 21.6. The van der Waals surface area contributed by atoms with Crippen LogP contribution in [0.15, 0.2) is 65.3 Å². The topological polar surface area (TPSA) is 91.7 Å². The van der Waals surface area contributed by atoms with Crippen molar-refractivity contribution in [3.8, 4) is 0 Å². The van der Waals surface area contributed by atoms with E-state index in [-0.39, 0.29) is 36.7 Å². The van der Waals surface area contributed by atoms with Crippen molar-refractivity contribution in [3.63, 3.8) is 0 Å². The third-order valence-corrected chi connectivity index (χ3v) is 5.56. The number of carbonyl (C=O) groups is 3. The highest BCUT2D eigenvalue weighted by molar-refractivity contribution is 6.07. The molecule has 31 heavy (non-hydrogen) atoms. The van der Waals surface area contributed by atoms with E-state index in [0.29, 0.717) is 30.8 Å². The molecule has 2 N–H and O–H groups in total. The van der Waals surface area contributed by atoms with E-state index in [1.807, 2.05) is 42.5 Å². The summed E-state index contributed by atoms with van der Waals surface area (Å²) in [5.41, 5.74) is 0.650. The molecular formula is C24H25N3O4. The van der Waals surface area contributed by atoms with Crippen molar-refractivity contribution in [3.05, 3.63) is 72.2 Å². The maximum Gasteiger partial charge on any atom is 0.254 e. The van der Waals surface area contributed by atoms with Crippen LogP contribution in [-0.4, -0.2) is 42.3 Å². The number of fused-ring (bicyclic) bond motifs is 1. The minimum Gasteiger partial charge on any atom is -0.467 e. The molecule has 1 fully saturated rings. The first-order chi connectivity index (χ1) is 15.1. The molecule has 0 saturated carbocycles. The normalized spacial score (nSPS) is 16.1. The SMILES string of the molecule is O=C(CNC(=O)C1CCCN(C(=O)c2cccc3ccccc23)C1)NCc1ccco1. The Labute approximate surface area is 180 Å². The summed E-state index contributed by atoms with van der Waals surface area (Å²) < 4.78 is 5.16. The van der Waals surface area contributed by atoms with Crippen molar-refractivity contribution in [1.29, 1.82) is 0 Å². The first-order valence-corrected chi connectivity index (χ1v) is 10.5. The van der Waals surface area contributed by atoms with Gasteiger partial charge in [0.2, 0.25) is 11.8 Å². The Kier molecular flexibility index (Phi) is 6.31. The molecule has 2 heterocycles. The van der Waals surface area contributed by atoms with Crippen molar-refractivity contribution in [2.75, 3.05) is 19.6 Å². The number of likely N-dealkylation sites (tertiary alicyclic amines) is 1. The molecule has 7 nitrogen and oxygen atoms in total.